The summed E-state index contributed by atoms with van der Waals surface area (Å²) in [6.45, 7) is 3.74. The molecule has 4 rings (SSSR count). The minimum Gasteiger partial charge on any atom is -0.489 e. The largest absolute Gasteiger partial charge is 0.489 e. The molecule has 2 aromatic heterocycles. The number of nitrogens with zero attached hydrogens (tertiary/aromatic N) is 4. The van der Waals surface area contributed by atoms with Gasteiger partial charge in [-0.05, 0) is 42.2 Å². The van der Waals surface area contributed by atoms with Gasteiger partial charge < -0.3 is 19.5 Å². The van der Waals surface area contributed by atoms with Crippen molar-refractivity contribution in [2.24, 2.45) is 0 Å². The fourth-order valence-electron chi connectivity index (χ4n) is 3.71. The van der Waals surface area contributed by atoms with Crippen LogP contribution in [0.25, 0.3) is 0 Å². The topological polar surface area (TPSA) is 72.3 Å². The average Bonchev–Trinajstić information content (AvgIpc) is 3.20. The zero-order valence-electron chi connectivity index (χ0n) is 17.1. The number of halogens is 1. The van der Waals surface area contributed by atoms with Crippen molar-refractivity contribution in [3.8, 4) is 5.75 Å². The Morgan fingerprint density at radius 1 is 1.20 bits per heavy atom. The molecule has 0 radical (unpaired) electrons. The molecule has 0 fully saturated rings. The van der Waals surface area contributed by atoms with Crippen LogP contribution in [0, 0.1) is 5.95 Å². The van der Waals surface area contributed by atoms with Crippen molar-refractivity contribution < 1.29 is 13.9 Å². The predicted molar refractivity (Wildman–Crippen MR) is 111 cm³/mol. The van der Waals surface area contributed by atoms with Crippen molar-refractivity contribution in [3.63, 3.8) is 0 Å². The maximum Gasteiger partial charge on any atom is 0.255 e. The Balaban J connectivity index is 1.53. The van der Waals surface area contributed by atoms with Gasteiger partial charge >= 0.3 is 0 Å². The van der Waals surface area contributed by atoms with E-state index in [-0.39, 0.29) is 11.7 Å². The molecule has 0 aliphatic carbocycles. The first-order chi connectivity index (χ1) is 14.6. The van der Waals surface area contributed by atoms with Crippen molar-refractivity contribution in [2.75, 3.05) is 25.5 Å². The van der Waals surface area contributed by atoms with E-state index < -0.39 is 5.95 Å². The van der Waals surface area contributed by atoms with Gasteiger partial charge in [0.2, 0.25) is 5.95 Å². The molecule has 0 atom stereocenters. The summed E-state index contributed by atoms with van der Waals surface area (Å²) in [5.41, 5.74) is 3.53. The molecule has 156 valence electrons. The molecule has 0 bridgehead atoms. The zero-order valence-corrected chi connectivity index (χ0v) is 17.1. The first kappa shape index (κ1) is 19.9. The number of carbonyl (C=O) groups excluding carboxylic acids is 1. The van der Waals surface area contributed by atoms with Crippen LogP contribution in [0.1, 0.15) is 34.0 Å². The molecule has 1 N–H and O–H groups in total. The lowest BCUT2D eigenvalue weighted by atomic mass is 9.96. The number of aromatic nitrogens is 3. The van der Waals surface area contributed by atoms with Gasteiger partial charge in [-0.2, -0.15) is 4.39 Å². The van der Waals surface area contributed by atoms with E-state index in [1.165, 1.54) is 6.20 Å². The van der Waals surface area contributed by atoms with E-state index in [2.05, 4.69) is 21.4 Å². The second kappa shape index (κ2) is 8.52. The zero-order chi connectivity index (χ0) is 21.1. The molecule has 0 saturated heterocycles. The third kappa shape index (κ3) is 3.98. The van der Waals surface area contributed by atoms with Crippen LogP contribution >= 0.6 is 0 Å². The molecule has 1 aliphatic heterocycles. The van der Waals surface area contributed by atoms with Crippen molar-refractivity contribution in [3.05, 3.63) is 71.1 Å². The SMILES string of the molecule is CCOc1cc(CN2CCc3ccc(Cn4ccnc4NC)cc3C2=O)cnc1F. The molecule has 0 spiro atoms. The molecule has 1 aliphatic rings. The third-order valence-electron chi connectivity index (χ3n) is 5.17. The summed E-state index contributed by atoms with van der Waals surface area (Å²) >= 11 is 0. The van der Waals surface area contributed by atoms with Crippen molar-refractivity contribution in [1.82, 2.24) is 19.4 Å². The van der Waals surface area contributed by atoms with Crippen LogP contribution in [0.5, 0.6) is 5.75 Å². The highest BCUT2D eigenvalue weighted by Crippen LogP contribution is 2.24. The number of ether oxygens (including phenoxy) is 1. The predicted octanol–water partition coefficient (Wildman–Crippen LogP) is 3.10. The Morgan fingerprint density at radius 2 is 2.07 bits per heavy atom. The smallest absolute Gasteiger partial charge is 0.255 e. The van der Waals surface area contributed by atoms with Crippen molar-refractivity contribution in [2.45, 2.75) is 26.4 Å². The molecule has 0 unspecified atom stereocenters. The monoisotopic (exact) mass is 409 g/mol. The third-order valence-corrected chi connectivity index (χ3v) is 5.17. The number of amides is 1. The lowest BCUT2D eigenvalue weighted by Gasteiger charge is -2.29. The van der Waals surface area contributed by atoms with Gasteiger partial charge in [0.05, 0.1) is 13.2 Å². The van der Waals surface area contributed by atoms with Gasteiger partial charge in [-0.3, -0.25) is 4.79 Å². The van der Waals surface area contributed by atoms with Crippen LogP contribution in [0.15, 0.2) is 42.9 Å². The molecular formula is C22H24FN5O2. The second-order valence-corrected chi connectivity index (χ2v) is 7.16. The molecule has 30 heavy (non-hydrogen) atoms. The molecule has 3 aromatic rings. The van der Waals surface area contributed by atoms with Crippen LogP contribution < -0.4 is 10.1 Å². The fourth-order valence-corrected chi connectivity index (χ4v) is 3.71. The highest BCUT2D eigenvalue weighted by Gasteiger charge is 2.25. The van der Waals surface area contributed by atoms with Crippen molar-refractivity contribution in [1.29, 1.82) is 0 Å². The number of imidazole rings is 1. The number of carbonyl (C=O) groups is 1. The van der Waals surface area contributed by atoms with E-state index in [0.29, 0.717) is 31.8 Å². The van der Waals surface area contributed by atoms with Crippen LogP contribution in [0.4, 0.5) is 10.3 Å². The number of rotatable bonds is 7. The summed E-state index contributed by atoms with van der Waals surface area (Å²) in [7, 11) is 1.83. The average molecular weight is 409 g/mol. The maximum atomic E-state index is 13.7. The Morgan fingerprint density at radius 3 is 2.87 bits per heavy atom. The summed E-state index contributed by atoms with van der Waals surface area (Å²) in [6, 6.07) is 7.66. The highest BCUT2D eigenvalue weighted by molar-refractivity contribution is 5.97. The Labute approximate surface area is 174 Å². The fraction of sp³-hybridized carbons (Fsp3) is 0.318. The van der Waals surface area contributed by atoms with E-state index >= 15 is 0 Å². The Hall–Kier alpha value is -3.42. The van der Waals surface area contributed by atoms with E-state index in [1.54, 1.807) is 24.1 Å². The molecule has 0 saturated carbocycles. The van der Waals surface area contributed by atoms with Gasteiger partial charge in [-0.15, -0.1) is 0 Å². The number of hydrogen-bond acceptors (Lipinski definition) is 5. The van der Waals surface area contributed by atoms with E-state index in [1.807, 2.05) is 29.9 Å². The van der Waals surface area contributed by atoms with E-state index in [4.69, 9.17) is 4.74 Å². The minimum absolute atomic E-state index is 0.0279. The summed E-state index contributed by atoms with van der Waals surface area (Å²) < 4.78 is 21.0. The Kier molecular flexibility index (Phi) is 5.65. The van der Waals surface area contributed by atoms with Gasteiger partial charge in [0, 0.05) is 44.3 Å². The molecular weight excluding hydrogens is 385 g/mol. The van der Waals surface area contributed by atoms with Crippen LogP contribution in [-0.4, -0.2) is 45.5 Å². The first-order valence-corrected chi connectivity index (χ1v) is 9.96. The molecule has 1 amide bonds. The lowest BCUT2D eigenvalue weighted by molar-refractivity contribution is 0.0726. The summed E-state index contributed by atoms with van der Waals surface area (Å²) in [6.07, 6.45) is 5.87. The summed E-state index contributed by atoms with van der Waals surface area (Å²) in [5.74, 6) is 0.221. The molecule has 1 aromatic carbocycles. The number of hydrogen-bond donors (Lipinski definition) is 1. The van der Waals surface area contributed by atoms with Gasteiger partial charge in [0.15, 0.2) is 5.75 Å². The first-order valence-electron chi connectivity index (χ1n) is 9.96. The number of nitrogens with one attached hydrogen (secondary N) is 1. The molecule has 3 heterocycles. The summed E-state index contributed by atoms with van der Waals surface area (Å²) in [5, 5.41) is 3.05. The Bertz CT molecular complexity index is 1070. The van der Waals surface area contributed by atoms with Gasteiger partial charge in [-0.25, -0.2) is 9.97 Å². The molecule has 8 heteroatoms. The minimum atomic E-state index is -0.638. The van der Waals surface area contributed by atoms with Gasteiger partial charge in [0.25, 0.3) is 11.9 Å². The quantitative estimate of drug-likeness (QED) is 0.607. The molecule has 7 nitrogen and oxygen atoms in total. The van der Waals surface area contributed by atoms with Gasteiger partial charge in [-0.1, -0.05) is 12.1 Å². The summed E-state index contributed by atoms with van der Waals surface area (Å²) in [4.78, 5) is 22.9. The van der Waals surface area contributed by atoms with Gasteiger partial charge in [0.1, 0.15) is 0 Å². The number of anilines is 1. The number of pyridine rings is 1. The van der Waals surface area contributed by atoms with E-state index in [0.717, 1.165) is 29.1 Å². The van der Waals surface area contributed by atoms with Crippen LogP contribution in [-0.2, 0) is 19.5 Å². The van der Waals surface area contributed by atoms with Crippen molar-refractivity contribution >= 4 is 11.9 Å². The standard InChI is InChI=1S/C22H24FN5O2/c1-3-30-19-11-16(12-26-20(19)23)14-27-8-6-17-5-4-15(10-18(17)21(27)29)13-28-9-7-25-22(28)24-2/h4-5,7,9-12H,3,6,8,13-14H2,1-2H3,(H,24,25). The van der Waals surface area contributed by atoms with E-state index in [9.17, 15) is 9.18 Å². The van der Waals surface area contributed by atoms with Crippen LogP contribution in [0.3, 0.4) is 0 Å². The number of fused-ring (bicyclic) bond motifs is 1. The van der Waals surface area contributed by atoms with Crippen LogP contribution in [0.2, 0.25) is 0 Å². The normalized spacial score (nSPS) is 13.3. The second-order valence-electron chi connectivity index (χ2n) is 7.16. The lowest BCUT2D eigenvalue weighted by Crippen LogP contribution is -2.37. The highest BCUT2D eigenvalue weighted by atomic mass is 19.1. The number of benzene rings is 1. The maximum absolute atomic E-state index is 13.7.